The second-order valence-corrected chi connectivity index (χ2v) is 6.25. The molecule has 1 amide bonds. The highest BCUT2D eigenvalue weighted by atomic mass is 19.1. The number of nitrogens with one attached hydrogen (secondary N) is 3. The number of carbonyl (C=O) groups excluding carboxylic acids is 1. The first-order valence-electron chi connectivity index (χ1n) is 9.10. The van der Waals surface area contributed by atoms with E-state index in [9.17, 15) is 9.18 Å². The summed E-state index contributed by atoms with van der Waals surface area (Å²) in [6.07, 6.45) is 2.24. The molecule has 146 valence electrons. The molecule has 0 saturated heterocycles. The van der Waals surface area contributed by atoms with Crippen molar-refractivity contribution in [3.63, 3.8) is 0 Å². The number of hydrogen-bond donors (Lipinski definition) is 3. The van der Waals surface area contributed by atoms with Crippen LogP contribution in [0.5, 0.6) is 0 Å². The molecule has 0 aliphatic carbocycles. The van der Waals surface area contributed by atoms with E-state index in [2.05, 4.69) is 20.9 Å². The lowest BCUT2D eigenvalue weighted by Crippen LogP contribution is -2.38. The predicted octanol–water partition coefficient (Wildman–Crippen LogP) is 2.91. The molecular formula is C20H27FN4O2. The molecule has 2 aromatic rings. The van der Waals surface area contributed by atoms with E-state index in [0.717, 1.165) is 24.1 Å². The van der Waals surface area contributed by atoms with Crippen LogP contribution >= 0.6 is 0 Å². The molecular weight excluding hydrogens is 347 g/mol. The van der Waals surface area contributed by atoms with E-state index in [1.165, 1.54) is 12.3 Å². The van der Waals surface area contributed by atoms with Crippen LogP contribution in [0.3, 0.4) is 0 Å². The Morgan fingerprint density at radius 3 is 2.56 bits per heavy atom. The van der Waals surface area contributed by atoms with Crippen LogP contribution in [0.2, 0.25) is 0 Å². The van der Waals surface area contributed by atoms with Gasteiger partial charge in [-0.2, -0.15) is 0 Å². The van der Waals surface area contributed by atoms with E-state index in [0.29, 0.717) is 36.9 Å². The first-order chi connectivity index (χ1) is 13.0. The number of nitrogens with zero attached hydrogens (tertiary/aromatic N) is 1. The lowest BCUT2D eigenvalue weighted by molar-refractivity contribution is 0.0925. The quantitative estimate of drug-likeness (QED) is 0.377. The highest BCUT2D eigenvalue weighted by Crippen LogP contribution is 2.10. The Kier molecular flexibility index (Phi) is 7.85. The fraction of sp³-hybridized carbons (Fsp3) is 0.400. The van der Waals surface area contributed by atoms with Gasteiger partial charge in [-0.15, -0.1) is 0 Å². The topological polar surface area (TPSA) is 78.7 Å². The standard InChI is InChI=1S/C20H27FN4O2/c1-4-22-20(25-13-16-7-6-14(2)17(21)12-16)24-10-5-9-23-19(26)18-15(3)8-11-27-18/h6-8,11-12H,4-5,9-10,13H2,1-3H3,(H,23,26)(H2,22,24,25). The SMILES string of the molecule is CCNC(=NCc1ccc(C)c(F)c1)NCCCNC(=O)c1occc1C. The number of carbonyl (C=O) groups is 1. The maximum Gasteiger partial charge on any atom is 0.287 e. The highest BCUT2D eigenvalue weighted by molar-refractivity contribution is 5.92. The van der Waals surface area contributed by atoms with Crippen LogP contribution in [-0.2, 0) is 6.54 Å². The Labute approximate surface area is 159 Å². The molecule has 0 fully saturated rings. The summed E-state index contributed by atoms with van der Waals surface area (Å²) in [5.74, 6) is 0.581. The van der Waals surface area contributed by atoms with Crippen LogP contribution in [-0.4, -0.2) is 31.5 Å². The van der Waals surface area contributed by atoms with Gasteiger partial charge in [0.25, 0.3) is 5.91 Å². The Bertz CT molecular complexity index is 786. The summed E-state index contributed by atoms with van der Waals surface area (Å²) in [4.78, 5) is 16.4. The van der Waals surface area contributed by atoms with E-state index < -0.39 is 0 Å². The van der Waals surface area contributed by atoms with Crippen LogP contribution in [0.1, 0.15) is 40.6 Å². The van der Waals surface area contributed by atoms with Crippen molar-refractivity contribution in [1.29, 1.82) is 0 Å². The third kappa shape index (κ3) is 6.44. The Balaban J connectivity index is 1.76. The second-order valence-electron chi connectivity index (χ2n) is 6.25. The second kappa shape index (κ2) is 10.4. The van der Waals surface area contributed by atoms with E-state index in [1.807, 2.05) is 19.9 Å². The van der Waals surface area contributed by atoms with Gasteiger partial charge in [0.1, 0.15) is 5.82 Å². The molecule has 0 saturated carbocycles. The van der Waals surface area contributed by atoms with Gasteiger partial charge >= 0.3 is 0 Å². The Morgan fingerprint density at radius 2 is 1.89 bits per heavy atom. The molecule has 0 bridgehead atoms. The zero-order valence-corrected chi connectivity index (χ0v) is 16.1. The number of furan rings is 1. The molecule has 0 aliphatic heterocycles. The molecule has 27 heavy (non-hydrogen) atoms. The average Bonchev–Trinajstić information content (AvgIpc) is 3.08. The number of benzene rings is 1. The molecule has 6 nitrogen and oxygen atoms in total. The number of aryl methyl sites for hydroxylation is 2. The van der Waals surface area contributed by atoms with Crippen molar-refractivity contribution in [2.75, 3.05) is 19.6 Å². The monoisotopic (exact) mass is 374 g/mol. The van der Waals surface area contributed by atoms with Crippen molar-refractivity contribution in [1.82, 2.24) is 16.0 Å². The van der Waals surface area contributed by atoms with Crippen LogP contribution in [0.15, 0.2) is 39.9 Å². The van der Waals surface area contributed by atoms with E-state index >= 15 is 0 Å². The normalized spacial score (nSPS) is 11.3. The summed E-state index contributed by atoms with van der Waals surface area (Å²) in [5, 5.41) is 9.18. The third-order valence-electron chi connectivity index (χ3n) is 4.00. The minimum absolute atomic E-state index is 0.209. The summed E-state index contributed by atoms with van der Waals surface area (Å²) in [6, 6.07) is 6.89. The largest absolute Gasteiger partial charge is 0.459 e. The van der Waals surface area contributed by atoms with Gasteiger partial charge in [-0.05, 0) is 50.5 Å². The van der Waals surface area contributed by atoms with Gasteiger partial charge in [0.2, 0.25) is 0 Å². The zero-order chi connectivity index (χ0) is 19.6. The van der Waals surface area contributed by atoms with Gasteiger partial charge in [-0.1, -0.05) is 12.1 Å². The molecule has 2 rings (SSSR count). The molecule has 0 spiro atoms. The van der Waals surface area contributed by atoms with Gasteiger partial charge in [0, 0.05) is 25.2 Å². The molecule has 0 aliphatic rings. The molecule has 3 N–H and O–H groups in total. The molecule has 0 unspecified atom stereocenters. The van der Waals surface area contributed by atoms with Crippen molar-refractivity contribution in [2.24, 2.45) is 4.99 Å². The van der Waals surface area contributed by atoms with Crippen molar-refractivity contribution in [2.45, 2.75) is 33.7 Å². The van der Waals surface area contributed by atoms with E-state index in [4.69, 9.17) is 4.42 Å². The minimum atomic E-state index is -0.219. The predicted molar refractivity (Wildman–Crippen MR) is 104 cm³/mol. The maximum atomic E-state index is 13.6. The van der Waals surface area contributed by atoms with Crippen molar-refractivity contribution >= 4 is 11.9 Å². The summed E-state index contributed by atoms with van der Waals surface area (Å²) >= 11 is 0. The van der Waals surface area contributed by atoms with Crippen LogP contribution in [0.4, 0.5) is 4.39 Å². The number of rotatable bonds is 8. The van der Waals surface area contributed by atoms with Crippen LogP contribution in [0.25, 0.3) is 0 Å². The Morgan fingerprint density at radius 1 is 1.11 bits per heavy atom. The Hall–Kier alpha value is -2.83. The highest BCUT2D eigenvalue weighted by Gasteiger charge is 2.11. The van der Waals surface area contributed by atoms with Crippen molar-refractivity contribution in [3.05, 3.63) is 58.8 Å². The fourth-order valence-electron chi connectivity index (χ4n) is 2.43. The van der Waals surface area contributed by atoms with Gasteiger partial charge in [0.05, 0.1) is 12.8 Å². The maximum absolute atomic E-state index is 13.6. The number of aliphatic imine (C=N–C) groups is 1. The minimum Gasteiger partial charge on any atom is -0.459 e. The zero-order valence-electron chi connectivity index (χ0n) is 16.1. The van der Waals surface area contributed by atoms with Crippen LogP contribution < -0.4 is 16.0 Å². The molecule has 0 atom stereocenters. The van der Waals surface area contributed by atoms with Gasteiger partial charge < -0.3 is 20.4 Å². The lowest BCUT2D eigenvalue weighted by Gasteiger charge is -2.11. The molecule has 7 heteroatoms. The van der Waals surface area contributed by atoms with Crippen molar-refractivity contribution in [3.8, 4) is 0 Å². The first-order valence-corrected chi connectivity index (χ1v) is 9.10. The fourth-order valence-corrected chi connectivity index (χ4v) is 2.43. The van der Waals surface area contributed by atoms with E-state index in [1.54, 1.807) is 19.1 Å². The van der Waals surface area contributed by atoms with Crippen molar-refractivity contribution < 1.29 is 13.6 Å². The summed E-state index contributed by atoms with van der Waals surface area (Å²) in [7, 11) is 0. The number of amides is 1. The molecule has 1 aromatic carbocycles. The molecule has 0 radical (unpaired) electrons. The molecule has 1 heterocycles. The summed E-state index contributed by atoms with van der Waals surface area (Å²) < 4.78 is 18.8. The molecule has 1 aromatic heterocycles. The van der Waals surface area contributed by atoms with Gasteiger partial charge in [-0.3, -0.25) is 4.79 Å². The van der Waals surface area contributed by atoms with Gasteiger partial charge in [-0.25, -0.2) is 9.38 Å². The van der Waals surface area contributed by atoms with E-state index in [-0.39, 0.29) is 11.7 Å². The van der Waals surface area contributed by atoms with Crippen LogP contribution in [0, 0.1) is 19.7 Å². The third-order valence-corrected chi connectivity index (χ3v) is 4.00. The number of hydrogen-bond acceptors (Lipinski definition) is 3. The lowest BCUT2D eigenvalue weighted by atomic mass is 10.1. The summed E-state index contributed by atoms with van der Waals surface area (Å²) in [6.45, 7) is 7.83. The first kappa shape index (κ1) is 20.5. The smallest absolute Gasteiger partial charge is 0.287 e. The van der Waals surface area contributed by atoms with Gasteiger partial charge in [0.15, 0.2) is 11.7 Å². The number of halogens is 1. The number of guanidine groups is 1. The summed E-state index contributed by atoms with van der Waals surface area (Å²) in [5.41, 5.74) is 2.26. The average molecular weight is 374 g/mol.